The van der Waals surface area contributed by atoms with E-state index in [1.54, 1.807) is 6.07 Å². The zero-order chi connectivity index (χ0) is 25.8. The first kappa shape index (κ1) is 25.9. The monoisotopic (exact) mass is 680 g/mol. The number of fused-ring (bicyclic) bond motifs is 3. The first-order valence-corrected chi connectivity index (χ1v) is 12.6. The van der Waals surface area contributed by atoms with Crippen LogP contribution in [0, 0.1) is 19.9 Å². The Morgan fingerprint density at radius 3 is 2.42 bits per heavy atom. The molecule has 0 saturated carbocycles. The molecule has 3 heterocycles. The summed E-state index contributed by atoms with van der Waals surface area (Å²) < 4.78 is 0. The molecule has 5 nitrogen and oxygen atoms in total. The van der Waals surface area contributed by atoms with Gasteiger partial charge in [0.05, 0.1) is 11.4 Å². The Bertz CT molecular complexity index is 1680. The number of hydrogen-bond donors (Lipinski definition) is 1. The molecule has 6 heteroatoms. The second-order valence-electron chi connectivity index (χ2n) is 10.1. The van der Waals surface area contributed by atoms with Crippen LogP contribution in [-0.4, -0.2) is 22.1 Å². The van der Waals surface area contributed by atoms with Crippen LogP contribution in [0.25, 0.3) is 22.2 Å². The van der Waals surface area contributed by atoms with Gasteiger partial charge in [0.2, 0.25) is 0 Å². The molecule has 0 aliphatic carbocycles. The first-order valence-electron chi connectivity index (χ1n) is 12.6. The second-order valence-corrected chi connectivity index (χ2v) is 10.1. The number of aromatic hydroxyl groups is 1. The number of rotatable bonds is 3. The summed E-state index contributed by atoms with van der Waals surface area (Å²) in [6.45, 7) is 8.51. The van der Waals surface area contributed by atoms with E-state index < -0.39 is 0 Å². The van der Waals surface area contributed by atoms with Crippen LogP contribution in [0.4, 0.5) is 28.6 Å². The fourth-order valence-corrected chi connectivity index (χ4v) is 5.35. The van der Waals surface area contributed by atoms with E-state index >= 15 is 0 Å². The van der Waals surface area contributed by atoms with Crippen LogP contribution >= 0.6 is 0 Å². The molecule has 38 heavy (non-hydrogen) atoms. The molecule has 1 aliphatic heterocycles. The van der Waals surface area contributed by atoms with Gasteiger partial charge in [0.25, 0.3) is 0 Å². The van der Waals surface area contributed by atoms with Gasteiger partial charge in [-0.25, -0.2) is 4.98 Å². The molecular formula is C32H29N4OPt-. The van der Waals surface area contributed by atoms with E-state index in [1.807, 2.05) is 24.4 Å². The molecule has 5 aromatic rings. The number of nitrogens with zero attached hydrogens (tertiary/aromatic N) is 4. The van der Waals surface area contributed by atoms with Crippen LogP contribution in [-0.2, 0) is 21.1 Å². The molecule has 0 saturated heterocycles. The van der Waals surface area contributed by atoms with Gasteiger partial charge in [-0.3, -0.25) is 4.98 Å². The van der Waals surface area contributed by atoms with Gasteiger partial charge in [-0.1, -0.05) is 51.1 Å². The molecular weight excluding hydrogens is 651 g/mol. The summed E-state index contributed by atoms with van der Waals surface area (Å²) in [6.07, 6.45) is 1.85. The van der Waals surface area contributed by atoms with Gasteiger partial charge in [0.15, 0.2) is 0 Å². The third-order valence-corrected chi connectivity index (χ3v) is 7.15. The fourth-order valence-electron chi connectivity index (χ4n) is 5.35. The van der Waals surface area contributed by atoms with E-state index in [4.69, 9.17) is 9.97 Å². The summed E-state index contributed by atoms with van der Waals surface area (Å²) >= 11 is 0. The number of hydrogen-bond acceptors (Lipinski definition) is 5. The molecule has 0 bridgehead atoms. The Morgan fingerprint density at radius 2 is 1.68 bits per heavy atom. The smallest absolute Gasteiger partial charge is 0.140 e. The van der Waals surface area contributed by atoms with E-state index in [0.717, 1.165) is 56.3 Å². The number of benzene rings is 3. The number of aryl methyl sites for hydroxylation is 2. The van der Waals surface area contributed by atoms with E-state index in [9.17, 15) is 5.11 Å². The molecule has 0 spiro atoms. The average molecular weight is 681 g/mol. The van der Waals surface area contributed by atoms with Crippen molar-refractivity contribution in [2.45, 2.75) is 33.6 Å². The van der Waals surface area contributed by atoms with Crippen molar-refractivity contribution in [3.63, 3.8) is 0 Å². The predicted octanol–water partition coefficient (Wildman–Crippen LogP) is 8.09. The largest absolute Gasteiger partial charge is 0.506 e. The van der Waals surface area contributed by atoms with E-state index in [0.29, 0.717) is 11.4 Å². The summed E-state index contributed by atoms with van der Waals surface area (Å²) in [4.78, 5) is 14.1. The number of phenolic OH excluding ortho intramolecular Hbond substituents is 1. The Morgan fingerprint density at radius 1 is 0.921 bits per heavy atom. The third-order valence-electron chi connectivity index (χ3n) is 7.15. The van der Waals surface area contributed by atoms with Crippen molar-refractivity contribution in [1.29, 1.82) is 0 Å². The Balaban J connectivity index is 0.00000294. The molecule has 6 rings (SSSR count). The molecule has 194 valence electrons. The van der Waals surface area contributed by atoms with E-state index in [1.165, 1.54) is 5.56 Å². The summed E-state index contributed by atoms with van der Waals surface area (Å²) in [5.41, 5.74) is 9.86. The van der Waals surface area contributed by atoms with Gasteiger partial charge < -0.3 is 14.9 Å². The van der Waals surface area contributed by atoms with Crippen LogP contribution in [0.5, 0.6) is 5.75 Å². The molecule has 1 N–H and O–H groups in total. The Kier molecular flexibility index (Phi) is 6.75. The molecule has 3 aromatic carbocycles. The normalized spacial score (nSPS) is 12.4. The third kappa shape index (κ3) is 4.15. The minimum absolute atomic E-state index is 0. The van der Waals surface area contributed by atoms with Gasteiger partial charge >= 0.3 is 0 Å². The van der Waals surface area contributed by atoms with Gasteiger partial charge in [-0.05, 0) is 71.4 Å². The molecule has 0 amide bonds. The average Bonchev–Trinajstić information content (AvgIpc) is 2.88. The molecule has 2 aromatic heterocycles. The SMILES string of the molecule is Cc1ccnc(N2c3[c-]c(-c4ccc5c(C(C)C)ccc(O)c5n4)cc(C)c3N(C)c3ccccc32)c1.[Pt]. The fraction of sp³-hybridized carbons (Fsp3) is 0.188. The van der Waals surface area contributed by atoms with E-state index in [-0.39, 0.29) is 26.8 Å². The number of anilines is 5. The minimum atomic E-state index is 0. The molecule has 1 aliphatic rings. The van der Waals surface area contributed by atoms with Crippen molar-refractivity contribution in [2.75, 3.05) is 16.8 Å². The predicted molar refractivity (Wildman–Crippen MR) is 152 cm³/mol. The molecule has 0 radical (unpaired) electrons. The van der Waals surface area contributed by atoms with Crippen molar-refractivity contribution in [1.82, 2.24) is 9.97 Å². The second kappa shape index (κ2) is 9.88. The van der Waals surface area contributed by atoms with Gasteiger partial charge in [0.1, 0.15) is 17.1 Å². The van der Waals surface area contributed by atoms with Gasteiger partial charge in [0, 0.05) is 39.7 Å². The van der Waals surface area contributed by atoms with Crippen molar-refractivity contribution < 1.29 is 26.2 Å². The van der Waals surface area contributed by atoms with Crippen molar-refractivity contribution in [3.8, 4) is 17.0 Å². The maximum absolute atomic E-state index is 10.7. The van der Waals surface area contributed by atoms with Crippen LogP contribution in [0.3, 0.4) is 0 Å². The Hall–Kier alpha value is -3.69. The topological polar surface area (TPSA) is 52.5 Å². The van der Waals surface area contributed by atoms with Crippen LogP contribution in [0.1, 0.15) is 36.5 Å². The van der Waals surface area contributed by atoms with Gasteiger partial charge in [-0.15, -0.1) is 23.3 Å². The summed E-state index contributed by atoms with van der Waals surface area (Å²) in [7, 11) is 2.10. The molecule has 0 unspecified atom stereocenters. The zero-order valence-electron chi connectivity index (χ0n) is 22.1. The van der Waals surface area contributed by atoms with Crippen molar-refractivity contribution >= 4 is 39.5 Å². The standard InChI is InChI=1S/C32H29N4O.Pt/c1-19(2)23-11-13-29(37)31-24(23)10-12-25(34-31)22-17-21(4)32-28(18-22)36(30-16-20(3)14-15-33-30)27-9-7-6-8-26(27)35(32)5;/h6-17,19,37H,1-5H3;/q-1;. The van der Waals surface area contributed by atoms with Crippen molar-refractivity contribution in [2.24, 2.45) is 0 Å². The summed E-state index contributed by atoms with van der Waals surface area (Å²) in [5.74, 6) is 1.37. The summed E-state index contributed by atoms with van der Waals surface area (Å²) in [6, 6.07) is 26.1. The Labute approximate surface area is 238 Å². The quantitative estimate of drug-likeness (QED) is 0.195. The van der Waals surface area contributed by atoms with Crippen LogP contribution in [0.2, 0.25) is 0 Å². The van der Waals surface area contributed by atoms with Crippen LogP contribution in [0.15, 0.2) is 72.9 Å². The first-order chi connectivity index (χ1) is 17.8. The van der Waals surface area contributed by atoms with Gasteiger partial charge in [-0.2, -0.15) is 0 Å². The van der Waals surface area contributed by atoms with Crippen molar-refractivity contribution in [3.05, 3.63) is 95.7 Å². The minimum Gasteiger partial charge on any atom is -0.506 e. The number of pyridine rings is 2. The van der Waals surface area contributed by atoms with Crippen LogP contribution < -0.4 is 9.80 Å². The number of para-hydroxylation sites is 2. The maximum Gasteiger partial charge on any atom is 0.140 e. The molecule has 0 fully saturated rings. The number of aromatic nitrogens is 2. The van der Waals surface area contributed by atoms with E-state index in [2.05, 4.69) is 93.1 Å². The maximum atomic E-state index is 10.7. The molecule has 0 atom stereocenters. The zero-order valence-corrected chi connectivity index (χ0v) is 24.3. The number of phenols is 1. The summed E-state index contributed by atoms with van der Waals surface area (Å²) in [5, 5.41) is 11.6.